The third-order valence-electron chi connectivity index (χ3n) is 3.07. The molecule has 1 aromatic carbocycles. The van der Waals surface area contributed by atoms with Gasteiger partial charge in [-0.25, -0.2) is 0 Å². The van der Waals surface area contributed by atoms with E-state index in [9.17, 15) is 4.79 Å². The van der Waals surface area contributed by atoms with Crippen molar-refractivity contribution in [2.45, 2.75) is 26.2 Å². The third-order valence-corrected chi connectivity index (χ3v) is 3.69. The van der Waals surface area contributed by atoms with Gasteiger partial charge in [0.1, 0.15) is 0 Å². The Bertz CT molecular complexity index is 500. The fraction of sp³-hybridized carbons (Fsp3) is 0.500. The number of carbonyl (C=O) groups excluding carboxylic acids is 1. The maximum absolute atomic E-state index is 12.1. The zero-order valence-corrected chi connectivity index (χ0v) is 12.7. The molecule has 1 aliphatic rings. The molecule has 19 heavy (non-hydrogen) atoms. The van der Waals surface area contributed by atoms with E-state index in [-0.39, 0.29) is 18.2 Å². The van der Waals surface area contributed by atoms with Crippen LogP contribution < -0.4 is 15.2 Å². The SMILES string of the molecule is CC(C)c1c2c(cc(Br)c1C(=O)CN)OCCCO2. The Morgan fingerprint density at radius 1 is 1.42 bits per heavy atom. The van der Waals surface area contributed by atoms with E-state index in [2.05, 4.69) is 15.9 Å². The van der Waals surface area contributed by atoms with Gasteiger partial charge in [-0.2, -0.15) is 0 Å². The van der Waals surface area contributed by atoms with Crippen molar-refractivity contribution >= 4 is 21.7 Å². The van der Waals surface area contributed by atoms with Crippen molar-refractivity contribution in [1.82, 2.24) is 0 Å². The molecule has 1 heterocycles. The van der Waals surface area contributed by atoms with Crippen molar-refractivity contribution in [2.24, 2.45) is 5.73 Å². The van der Waals surface area contributed by atoms with Crippen LogP contribution in [-0.2, 0) is 0 Å². The van der Waals surface area contributed by atoms with Gasteiger partial charge in [0.15, 0.2) is 17.3 Å². The molecule has 0 unspecified atom stereocenters. The van der Waals surface area contributed by atoms with Crippen LogP contribution in [0.2, 0.25) is 0 Å². The average molecular weight is 328 g/mol. The van der Waals surface area contributed by atoms with Crippen molar-refractivity contribution in [3.63, 3.8) is 0 Å². The number of carbonyl (C=O) groups is 1. The summed E-state index contributed by atoms with van der Waals surface area (Å²) in [6, 6.07) is 1.80. The van der Waals surface area contributed by atoms with Crippen LogP contribution in [-0.4, -0.2) is 25.5 Å². The second-order valence-corrected chi connectivity index (χ2v) is 5.66. The fourth-order valence-electron chi connectivity index (χ4n) is 2.24. The Labute approximate surface area is 121 Å². The number of hydrogen-bond acceptors (Lipinski definition) is 4. The quantitative estimate of drug-likeness (QED) is 0.867. The van der Waals surface area contributed by atoms with Crippen LogP contribution in [0.4, 0.5) is 0 Å². The van der Waals surface area contributed by atoms with Crippen LogP contribution in [0, 0.1) is 0 Å². The third kappa shape index (κ3) is 2.77. The van der Waals surface area contributed by atoms with Crippen LogP contribution in [0.15, 0.2) is 10.5 Å². The van der Waals surface area contributed by atoms with E-state index in [4.69, 9.17) is 15.2 Å². The summed E-state index contributed by atoms with van der Waals surface area (Å²) < 4.78 is 12.2. The van der Waals surface area contributed by atoms with Crippen LogP contribution >= 0.6 is 15.9 Å². The van der Waals surface area contributed by atoms with Gasteiger partial charge < -0.3 is 15.2 Å². The first-order valence-electron chi connectivity index (χ1n) is 6.41. The lowest BCUT2D eigenvalue weighted by atomic mass is 9.93. The molecule has 1 aliphatic heterocycles. The number of rotatable bonds is 3. The van der Waals surface area contributed by atoms with Gasteiger partial charge >= 0.3 is 0 Å². The largest absolute Gasteiger partial charge is 0.490 e. The molecule has 5 heteroatoms. The zero-order chi connectivity index (χ0) is 14.0. The summed E-state index contributed by atoms with van der Waals surface area (Å²) in [6.45, 7) is 5.27. The summed E-state index contributed by atoms with van der Waals surface area (Å²) in [6.07, 6.45) is 0.837. The lowest BCUT2D eigenvalue weighted by molar-refractivity contribution is 0.0999. The van der Waals surface area contributed by atoms with Crippen molar-refractivity contribution in [2.75, 3.05) is 19.8 Å². The molecule has 0 radical (unpaired) electrons. The number of ketones is 1. The van der Waals surface area contributed by atoms with Gasteiger partial charge in [0.2, 0.25) is 0 Å². The first-order chi connectivity index (χ1) is 9.06. The monoisotopic (exact) mass is 327 g/mol. The molecule has 4 nitrogen and oxygen atoms in total. The lowest BCUT2D eigenvalue weighted by Gasteiger charge is -2.20. The molecule has 0 aromatic heterocycles. The maximum Gasteiger partial charge on any atom is 0.177 e. The maximum atomic E-state index is 12.1. The van der Waals surface area contributed by atoms with E-state index >= 15 is 0 Å². The minimum absolute atomic E-state index is 0.0159. The Balaban J connectivity index is 2.67. The summed E-state index contributed by atoms with van der Waals surface area (Å²) in [7, 11) is 0. The second-order valence-electron chi connectivity index (χ2n) is 4.81. The van der Waals surface area contributed by atoms with Gasteiger partial charge in [0.25, 0.3) is 0 Å². The smallest absolute Gasteiger partial charge is 0.177 e. The Hall–Kier alpha value is -1.07. The predicted molar refractivity (Wildman–Crippen MR) is 77.2 cm³/mol. The first kappa shape index (κ1) is 14.3. The molecule has 1 aromatic rings. The zero-order valence-electron chi connectivity index (χ0n) is 11.2. The van der Waals surface area contributed by atoms with Gasteiger partial charge in [-0.15, -0.1) is 0 Å². The summed E-state index contributed by atoms with van der Waals surface area (Å²) >= 11 is 3.45. The van der Waals surface area contributed by atoms with Crippen LogP contribution in [0.1, 0.15) is 42.1 Å². The van der Waals surface area contributed by atoms with Crippen LogP contribution in [0.25, 0.3) is 0 Å². The topological polar surface area (TPSA) is 61.6 Å². The minimum Gasteiger partial charge on any atom is -0.490 e. The van der Waals surface area contributed by atoms with E-state index < -0.39 is 0 Å². The highest BCUT2D eigenvalue weighted by atomic mass is 79.9. The van der Waals surface area contributed by atoms with E-state index in [0.717, 1.165) is 16.5 Å². The van der Waals surface area contributed by atoms with Crippen LogP contribution in [0.5, 0.6) is 11.5 Å². The fourth-order valence-corrected chi connectivity index (χ4v) is 2.88. The highest BCUT2D eigenvalue weighted by Gasteiger charge is 2.26. The number of nitrogens with two attached hydrogens (primary N) is 1. The highest BCUT2D eigenvalue weighted by Crippen LogP contribution is 2.43. The lowest BCUT2D eigenvalue weighted by Crippen LogP contribution is -2.17. The number of hydrogen-bond donors (Lipinski definition) is 1. The standard InChI is InChI=1S/C14H18BrNO3/c1-8(2)12-13(10(17)7-16)9(15)6-11-14(12)19-5-3-4-18-11/h6,8H,3-5,7,16H2,1-2H3. The summed E-state index contributed by atoms with van der Waals surface area (Å²) in [5, 5.41) is 0. The predicted octanol–water partition coefficient (Wildman–Crippen LogP) is 2.88. The van der Waals surface area contributed by atoms with Crippen LogP contribution in [0.3, 0.4) is 0 Å². The molecule has 104 valence electrons. The second kappa shape index (κ2) is 5.92. The minimum atomic E-state index is -0.0915. The van der Waals surface area contributed by atoms with Gasteiger partial charge in [-0.3, -0.25) is 4.79 Å². The van der Waals surface area contributed by atoms with Gasteiger partial charge in [-0.05, 0) is 27.9 Å². The normalized spacial score (nSPS) is 14.4. The molecule has 0 saturated heterocycles. The van der Waals surface area contributed by atoms with Crippen molar-refractivity contribution in [1.29, 1.82) is 0 Å². The Morgan fingerprint density at radius 3 is 2.74 bits per heavy atom. The Morgan fingerprint density at radius 2 is 2.11 bits per heavy atom. The van der Waals surface area contributed by atoms with E-state index in [1.807, 2.05) is 13.8 Å². The molecule has 0 fully saturated rings. The molecule has 0 aliphatic carbocycles. The number of Topliss-reactive ketones (excluding diaryl/α,β-unsaturated/α-hetero) is 1. The molecule has 0 saturated carbocycles. The number of fused-ring (bicyclic) bond motifs is 1. The molecule has 0 atom stereocenters. The van der Waals surface area contributed by atoms with Crippen molar-refractivity contribution < 1.29 is 14.3 Å². The molecule has 0 spiro atoms. The number of benzene rings is 1. The van der Waals surface area contributed by atoms with Crippen molar-refractivity contribution in [3.8, 4) is 11.5 Å². The molecule has 2 rings (SSSR count). The molecule has 0 amide bonds. The van der Waals surface area contributed by atoms with E-state index in [1.165, 1.54) is 0 Å². The Kier molecular flexibility index (Phi) is 4.47. The summed E-state index contributed by atoms with van der Waals surface area (Å²) in [4.78, 5) is 12.1. The number of ether oxygens (including phenoxy) is 2. The molecular formula is C14H18BrNO3. The highest BCUT2D eigenvalue weighted by molar-refractivity contribution is 9.10. The summed E-state index contributed by atoms with van der Waals surface area (Å²) in [5.41, 5.74) is 7.00. The summed E-state index contributed by atoms with van der Waals surface area (Å²) in [5.74, 6) is 1.44. The van der Waals surface area contributed by atoms with Crippen molar-refractivity contribution in [3.05, 3.63) is 21.7 Å². The molecule has 0 bridgehead atoms. The van der Waals surface area contributed by atoms with E-state index in [0.29, 0.717) is 30.3 Å². The van der Waals surface area contributed by atoms with Gasteiger partial charge in [0.05, 0.1) is 19.8 Å². The van der Waals surface area contributed by atoms with Gasteiger partial charge in [0, 0.05) is 22.0 Å². The molecule has 2 N–H and O–H groups in total. The molecular weight excluding hydrogens is 310 g/mol. The van der Waals surface area contributed by atoms with E-state index in [1.54, 1.807) is 6.07 Å². The number of halogens is 1. The first-order valence-corrected chi connectivity index (χ1v) is 7.20. The van der Waals surface area contributed by atoms with Gasteiger partial charge in [-0.1, -0.05) is 13.8 Å². The average Bonchev–Trinajstić information content (AvgIpc) is 2.60.